The van der Waals surface area contributed by atoms with E-state index in [4.69, 9.17) is 16.3 Å². The fourth-order valence-corrected chi connectivity index (χ4v) is 5.12. The Kier molecular flexibility index (Phi) is 7.06. The lowest BCUT2D eigenvalue weighted by Gasteiger charge is -2.42. The number of carbonyl (C=O) groups excluding carboxylic acids is 1. The zero-order chi connectivity index (χ0) is 22.7. The van der Waals surface area contributed by atoms with E-state index in [-0.39, 0.29) is 29.3 Å². The number of ether oxygens (including phenoxy) is 1. The molecular weight excluding hydrogens is 427 g/mol. The highest BCUT2D eigenvalue weighted by molar-refractivity contribution is 6.30. The first-order valence-corrected chi connectivity index (χ1v) is 12.1. The molecule has 4 nitrogen and oxygen atoms in total. The van der Waals surface area contributed by atoms with Crippen LogP contribution in [-0.2, 0) is 11.3 Å². The molecule has 0 unspecified atom stereocenters. The van der Waals surface area contributed by atoms with Crippen LogP contribution in [-0.4, -0.2) is 29.5 Å². The van der Waals surface area contributed by atoms with Gasteiger partial charge in [-0.1, -0.05) is 49.7 Å². The molecule has 1 saturated heterocycles. The van der Waals surface area contributed by atoms with Gasteiger partial charge in [0.15, 0.2) is 0 Å². The van der Waals surface area contributed by atoms with Crippen LogP contribution < -0.4 is 10.1 Å². The standard InChI is InChI=1S/C26H32ClFN2O2/c1-3-26(4-2)16-23(21-7-5-6-8-24(21)32-26)29-25(31)18-11-13-30(14-12-18)17-19-9-10-20(27)15-22(19)28/h5-10,15,18,23H,3-4,11-14,16-17H2,1-2H3,(H,29,31)/t23-/m0/s1. The van der Waals surface area contributed by atoms with Crippen LogP contribution in [0.2, 0.25) is 5.02 Å². The van der Waals surface area contributed by atoms with Gasteiger partial charge in [-0.25, -0.2) is 4.39 Å². The number of piperidine rings is 1. The largest absolute Gasteiger partial charge is 0.487 e. The van der Waals surface area contributed by atoms with Crippen molar-refractivity contribution >= 4 is 17.5 Å². The number of nitrogens with zero attached hydrogens (tertiary/aromatic N) is 1. The van der Waals surface area contributed by atoms with E-state index in [2.05, 4.69) is 30.1 Å². The molecule has 4 rings (SSSR count). The predicted molar refractivity (Wildman–Crippen MR) is 125 cm³/mol. The topological polar surface area (TPSA) is 41.6 Å². The Balaban J connectivity index is 1.37. The highest BCUT2D eigenvalue weighted by Gasteiger charge is 2.39. The van der Waals surface area contributed by atoms with Crippen LogP contribution in [0.1, 0.15) is 63.1 Å². The highest BCUT2D eigenvalue weighted by atomic mass is 35.5. The minimum atomic E-state index is -0.272. The Bertz CT molecular complexity index is 955. The summed E-state index contributed by atoms with van der Waals surface area (Å²) in [5, 5.41) is 3.74. The normalized spacial score (nSPS) is 20.9. The summed E-state index contributed by atoms with van der Waals surface area (Å²) in [5.74, 6) is 0.706. The van der Waals surface area contributed by atoms with Crippen molar-refractivity contribution in [2.24, 2.45) is 5.92 Å². The third kappa shape index (κ3) is 4.94. The van der Waals surface area contributed by atoms with Gasteiger partial charge in [-0.05, 0) is 57.0 Å². The third-order valence-electron chi connectivity index (χ3n) is 7.17. The minimum absolute atomic E-state index is 0.0195. The van der Waals surface area contributed by atoms with Gasteiger partial charge >= 0.3 is 0 Å². The zero-order valence-corrected chi connectivity index (χ0v) is 19.6. The van der Waals surface area contributed by atoms with Crippen molar-refractivity contribution in [3.63, 3.8) is 0 Å². The average molecular weight is 459 g/mol. The number of rotatable bonds is 6. The van der Waals surface area contributed by atoms with Crippen molar-refractivity contribution in [3.05, 3.63) is 64.4 Å². The summed E-state index contributed by atoms with van der Waals surface area (Å²) in [6.07, 6.45) is 4.16. The Morgan fingerprint density at radius 1 is 1.19 bits per heavy atom. The van der Waals surface area contributed by atoms with Gasteiger partial charge in [0.2, 0.25) is 5.91 Å². The van der Waals surface area contributed by atoms with Crippen LogP contribution in [0, 0.1) is 11.7 Å². The average Bonchev–Trinajstić information content (AvgIpc) is 2.81. The quantitative estimate of drug-likeness (QED) is 0.586. The molecule has 2 aromatic rings. The van der Waals surface area contributed by atoms with Gasteiger partial charge in [0.1, 0.15) is 17.2 Å². The smallest absolute Gasteiger partial charge is 0.223 e. The molecule has 1 fully saturated rings. The number of nitrogens with one attached hydrogen (secondary N) is 1. The first-order valence-electron chi connectivity index (χ1n) is 11.7. The Morgan fingerprint density at radius 2 is 1.91 bits per heavy atom. The van der Waals surface area contributed by atoms with E-state index in [0.717, 1.165) is 56.5 Å². The van der Waals surface area contributed by atoms with Crippen LogP contribution in [0.15, 0.2) is 42.5 Å². The summed E-state index contributed by atoms with van der Waals surface area (Å²) in [6.45, 7) is 6.39. The lowest BCUT2D eigenvalue weighted by atomic mass is 9.83. The number of likely N-dealkylation sites (tertiary alicyclic amines) is 1. The van der Waals surface area contributed by atoms with Crippen LogP contribution in [0.25, 0.3) is 0 Å². The molecule has 1 atom stereocenters. The van der Waals surface area contributed by atoms with Crippen molar-refractivity contribution < 1.29 is 13.9 Å². The lowest BCUT2D eigenvalue weighted by Crippen LogP contribution is -2.47. The van der Waals surface area contributed by atoms with Crippen molar-refractivity contribution in [1.29, 1.82) is 0 Å². The number of halogens is 2. The van der Waals surface area contributed by atoms with Gasteiger partial charge in [-0.2, -0.15) is 0 Å². The number of benzene rings is 2. The molecule has 2 heterocycles. The maximum Gasteiger partial charge on any atom is 0.223 e. The van der Waals surface area contributed by atoms with Gasteiger partial charge in [0.05, 0.1) is 6.04 Å². The molecule has 0 spiro atoms. The molecule has 0 aromatic heterocycles. The van der Waals surface area contributed by atoms with E-state index >= 15 is 0 Å². The second kappa shape index (κ2) is 9.80. The summed E-state index contributed by atoms with van der Waals surface area (Å²) in [4.78, 5) is 15.4. The molecule has 2 aromatic carbocycles. The SMILES string of the molecule is CCC1(CC)C[C@H](NC(=O)C2CCN(Cc3ccc(Cl)cc3F)CC2)c2ccccc2O1. The first-order chi connectivity index (χ1) is 15.4. The maximum atomic E-state index is 14.1. The lowest BCUT2D eigenvalue weighted by molar-refractivity contribution is -0.128. The first kappa shape index (κ1) is 23.1. The number of carbonyl (C=O) groups is 1. The third-order valence-corrected chi connectivity index (χ3v) is 7.40. The van der Waals surface area contributed by atoms with E-state index in [1.54, 1.807) is 12.1 Å². The van der Waals surface area contributed by atoms with E-state index in [0.29, 0.717) is 17.1 Å². The maximum absolute atomic E-state index is 14.1. The summed E-state index contributed by atoms with van der Waals surface area (Å²) < 4.78 is 20.5. The number of hydrogen-bond acceptors (Lipinski definition) is 3. The fourth-order valence-electron chi connectivity index (χ4n) is 4.96. The predicted octanol–water partition coefficient (Wildman–Crippen LogP) is 5.89. The summed E-state index contributed by atoms with van der Waals surface area (Å²) in [7, 11) is 0. The molecule has 32 heavy (non-hydrogen) atoms. The number of hydrogen-bond donors (Lipinski definition) is 1. The molecule has 2 aliphatic heterocycles. The second-order valence-corrected chi connectivity index (χ2v) is 9.52. The molecule has 0 saturated carbocycles. The van der Waals surface area contributed by atoms with E-state index in [9.17, 15) is 9.18 Å². The van der Waals surface area contributed by atoms with E-state index in [1.165, 1.54) is 6.07 Å². The van der Waals surface area contributed by atoms with Crippen LogP contribution >= 0.6 is 11.6 Å². The van der Waals surface area contributed by atoms with Gasteiger partial charge in [0.25, 0.3) is 0 Å². The monoisotopic (exact) mass is 458 g/mol. The molecular formula is C26H32ClFN2O2. The number of para-hydroxylation sites is 1. The Hall–Kier alpha value is -2.11. The molecule has 6 heteroatoms. The zero-order valence-electron chi connectivity index (χ0n) is 18.9. The van der Waals surface area contributed by atoms with Crippen LogP contribution in [0.4, 0.5) is 4.39 Å². The van der Waals surface area contributed by atoms with E-state index < -0.39 is 0 Å². The van der Waals surface area contributed by atoms with Crippen molar-refractivity contribution in [3.8, 4) is 5.75 Å². The van der Waals surface area contributed by atoms with Gasteiger partial charge < -0.3 is 10.1 Å². The molecule has 0 radical (unpaired) electrons. The summed E-state index contributed by atoms with van der Waals surface area (Å²) >= 11 is 5.86. The van der Waals surface area contributed by atoms with E-state index in [1.807, 2.05) is 18.2 Å². The molecule has 1 N–H and O–H groups in total. The van der Waals surface area contributed by atoms with Crippen molar-refractivity contribution in [1.82, 2.24) is 10.2 Å². The van der Waals surface area contributed by atoms with Crippen molar-refractivity contribution in [2.45, 2.75) is 64.1 Å². The van der Waals surface area contributed by atoms with Gasteiger partial charge in [0, 0.05) is 35.0 Å². The molecule has 1 amide bonds. The van der Waals surface area contributed by atoms with Gasteiger partial charge in [-0.15, -0.1) is 0 Å². The molecule has 0 bridgehead atoms. The Labute approximate surface area is 195 Å². The van der Waals surface area contributed by atoms with Crippen LogP contribution in [0.3, 0.4) is 0 Å². The number of fused-ring (bicyclic) bond motifs is 1. The fraction of sp³-hybridized carbons (Fsp3) is 0.500. The van der Waals surface area contributed by atoms with Gasteiger partial charge in [-0.3, -0.25) is 9.69 Å². The minimum Gasteiger partial charge on any atom is -0.487 e. The highest BCUT2D eigenvalue weighted by Crippen LogP contribution is 2.42. The Morgan fingerprint density at radius 3 is 2.59 bits per heavy atom. The van der Waals surface area contributed by atoms with Crippen LogP contribution in [0.5, 0.6) is 5.75 Å². The molecule has 0 aliphatic carbocycles. The summed E-state index contributed by atoms with van der Waals surface area (Å²) in [6, 6.07) is 12.8. The molecule has 172 valence electrons. The second-order valence-electron chi connectivity index (χ2n) is 9.08. The molecule has 2 aliphatic rings. The van der Waals surface area contributed by atoms with Crippen molar-refractivity contribution in [2.75, 3.05) is 13.1 Å². The summed E-state index contributed by atoms with van der Waals surface area (Å²) in [5.41, 5.74) is 1.47. The number of amides is 1.